The van der Waals surface area contributed by atoms with E-state index < -0.39 is 5.54 Å². The van der Waals surface area contributed by atoms with Gasteiger partial charge in [0, 0.05) is 33.2 Å². The predicted octanol–water partition coefficient (Wildman–Crippen LogP) is 8.24. The summed E-state index contributed by atoms with van der Waals surface area (Å²) in [6.07, 6.45) is 19.3. The van der Waals surface area contributed by atoms with E-state index in [2.05, 4.69) is 76.3 Å². The number of halogens is 1. The number of nitrogens with zero attached hydrogens (tertiary/aromatic N) is 1. The normalized spacial score (nSPS) is 21.2. The minimum Gasteiger partial charge on any atom is -0.355 e. The van der Waals surface area contributed by atoms with Crippen molar-refractivity contribution in [3.8, 4) is 11.1 Å². The maximum absolute atomic E-state index is 15.3. The fourth-order valence-electron chi connectivity index (χ4n) is 6.16. The molecule has 0 fully saturated rings. The highest BCUT2D eigenvalue weighted by Crippen LogP contribution is 2.43. The van der Waals surface area contributed by atoms with Crippen molar-refractivity contribution in [1.29, 1.82) is 0 Å². The maximum Gasteiger partial charge on any atom is 0.126 e. The Morgan fingerprint density at radius 3 is 2.50 bits per heavy atom. The molecule has 2 nitrogen and oxygen atoms in total. The molecule has 168 valence electrons. The molecule has 0 aliphatic heterocycles. The van der Waals surface area contributed by atoms with Crippen LogP contribution in [0.25, 0.3) is 45.1 Å². The van der Waals surface area contributed by atoms with Crippen molar-refractivity contribution in [2.75, 3.05) is 0 Å². The van der Waals surface area contributed by atoms with Crippen LogP contribution in [-0.2, 0) is 18.4 Å². The van der Waals surface area contributed by atoms with Crippen LogP contribution in [0.15, 0.2) is 72.6 Å². The van der Waals surface area contributed by atoms with E-state index in [9.17, 15) is 0 Å². The van der Waals surface area contributed by atoms with E-state index in [1.165, 1.54) is 44.2 Å². The molecular weight excluding hydrogens is 419 g/mol. The molecule has 1 atom stereocenters. The Balaban J connectivity index is 1.43. The lowest BCUT2D eigenvalue weighted by molar-refractivity contribution is 0.317. The van der Waals surface area contributed by atoms with Gasteiger partial charge in [0.2, 0.25) is 0 Å². The first-order valence-corrected chi connectivity index (χ1v) is 12.3. The van der Waals surface area contributed by atoms with Gasteiger partial charge in [-0.05, 0) is 104 Å². The van der Waals surface area contributed by atoms with Crippen molar-refractivity contribution >= 4 is 34.0 Å². The molecule has 0 saturated heterocycles. The number of aromatic nitrogens is 2. The zero-order chi connectivity index (χ0) is 22.9. The second kappa shape index (κ2) is 7.20. The summed E-state index contributed by atoms with van der Waals surface area (Å²) < 4.78 is 17.5. The minimum atomic E-state index is -0.694. The number of nitrogens with one attached hydrogen (secondary N) is 1. The largest absolute Gasteiger partial charge is 0.355 e. The molecule has 0 spiro atoms. The standard InChI is InChI=1S/C31H27FN2/c1-31(17-7-6-12-30(31)32)34-28-11-5-3-9-23(28)25-19-21(14-16-29(25)34)20-13-15-27-24(18-20)22-8-2-4-10-26(22)33-27/h4-7,10-16,18-19,33H,2-3,8-9,17H2,1H3. The molecule has 3 aliphatic carbocycles. The van der Waals surface area contributed by atoms with E-state index in [0.717, 1.165) is 36.9 Å². The number of hydrogen-bond acceptors (Lipinski definition) is 0. The molecule has 2 heterocycles. The fourth-order valence-corrected chi connectivity index (χ4v) is 6.16. The lowest BCUT2D eigenvalue weighted by Crippen LogP contribution is -2.32. The van der Waals surface area contributed by atoms with Crippen LogP contribution < -0.4 is 0 Å². The monoisotopic (exact) mass is 446 g/mol. The highest BCUT2D eigenvalue weighted by molar-refractivity contribution is 5.95. The van der Waals surface area contributed by atoms with E-state index >= 15 is 4.39 Å². The summed E-state index contributed by atoms with van der Waals surface area (Å²) in [5.41, 5.74) is 9.25. The number of rotatable bonds is 2. The Labute approximate surface area is 198 Å². The topological polar surface area (TPSA) is 20.7 Å². The number of hydrogen-bond donors (Lipinski definition) is 1. The molecule has 7 rings (SSSR count). The molecule has 34 heavy (non-hydrogen) atoms. The molecular formula is C31H27FN2. The Kier molecular flexibility index (Phi) is 4.20. The summed E-state index contributed by atoms with van der Waals surface area (Å²) >= 11 is 0. The Morgan fingerprint density at radius 1 is 0.882 bits per heavy atom. The quantitative estimate of drug-likeness (QED) is 0.320. The molecule has 2 aromatic carbocycles. The first-order chi connectivity index (χ1) is 16.6. The van der Waals surface area contributed by atoms with Gasteiger partial charge in [0.1, 0.15) is 5.83 Å². The number of aryl methyl sites for hydroxylation is 2. The number of allylic oxidation sites excluding steroid dienone is 6. The van der Waals surface area contributed by atoms with Crippen LogP contribution >= 0.6 is 0 Å². The smallest absolute Gasteiger partial charge is 0.126 e. The molecule has 4 aromatic rings. The van der Waals surface area contributed by atoms with Crippen molar-refractivity contribution in [3.63, 3.8) is 0 Å². The Bertz CT molecular complexity index is 1600. The third-order valence-electron chi connectivity index (χ3n) is 7.97. The minimum absolute atomic E-state index is 0.0746. The summed E-state index contributed by atoms with van der Waals surface area (Å²) in [4.78, 5) is 3.57. The van der Waals surface area contributed by atoms with Crippen LogP contribution in [0.5, 0.6) is 0 Å². The van der Waals surface area contributed by atoms with Gasteiger partial charge in [0.25, 0.3) is 0 Å². The molecule has 0 saturated carbocycles. The fraction of sp³-hybridized carbons (Fsp3) is 0.226. The van der Waals surface area contributed by atoms with Crippen LogP contribution in [-0.4, -0.2) is 9.55 Å². The highest BCUT2D eigenvalue weighted by Gasteiger charge is 2.36. The molecule has 3 heteroatoms. The number of H-pyrrole nitrogens is 1. The zero-order valence-electron chi connectivity index (χ0n) is 19.4. The zero-order valence-corrected chi connectivity index (χ0v) is 19.4. The molecule has 0 amide bonds. The van der Waals surface area contributed by atoms with Crippen LogP contribution in [0, 0.1) is 0 Å². The third kappa shape index (κ3) is 2.73. The van der Waals surface area contributed by atoms with E-state index in [4.69, 9.17) is 0 Å². The van der Waals surface area contributed by atoms with Gasteiger partial charge in [-0.1, -0.05) is 36.4 Å². The van der Waals surface area contributed by atoms with Gasteiger partial charge in [-0.15, -0.1) is 0 Å². The highest BCUT2D eigenvalue weighted by atomic mass is 19.1. The van der Waals surface area contributed by atoms with E-state index in [1.54, 1.807) is 6.08 Å². The van der Waals surface area contributed by atoms with E-state index in [-0.39, 0.29) is 5.83 Å². The SMILES string of the molecule is CC1(n2c3c(c4cc(-c5ccc6[nH]c7c(c6c5)CCC=C7)ccc42)CCC=C3)CC=CC=C1F. The lowest BCUT2D eigenvalue weighted by atomic mass is 9.90. The van der Waals surface area contributed by atoms with Crippen molar-refractivity contribution in [2.24, 2.45) is 0 Å². The summed E-state index contributed by atoms with van der Waals surface area (Å²) in [6, 6.07) is 13.5. The van der Waals surface area contributed by atoms with Crippen LogP contribution in [0.3, 0.4) is 0 Å². The van der Waals surface area contributed by atoms with Crippen molar-refractivity contribution in [2.45, 2.75) is 44.6 Å². The van der Waals surface area contributed by atoms with Gasteiger partial charge in [-0.2, -0.15) is 0 Å². The summed E-state index contributed by atoms with van der Waals surface area (Å²) in [6.45, 7) is 2.02. The number of fused-ring (bicyclic) bond motifs is 6. The van der Waals surface area contributed by atoms with E-state index in [1.807, 2.05) is 13.0 Å². The first kappa shape index (κ1) is 19.8. The molecule has 0 radical (unpaired) electrons. The average molecular weight is 447 g/mol. The van der Waals surface area contributed by atoms with Crippen molar-refractivity contribution in [3.05, 3.63) is 95.1 Å². The Morgan fingerprint density at radius 2 is 1.65 bits per heavy atom. The molecule has 2 aromatic heterocycles. The van der Waals surface area contributed by atoms with Gasteiger partial charge in [-0.3, -0.25) is 0 Å². The van der Waals surface area contributed by atoms with Crippen LogP contribution in [0.4, 0.5) is 4.39 Å². The van der Waals surface area contributed by atoms with Crippen LogP contribution in [0.1, 0.15) is 48.7 Å². The van der Waals surface area contributed by atoms with Gasteiger partial charge < -0.3 is 9.55 Å². The first-order valence-electron chi connectivity index (χ1n) is 12.3. The Hall–Kier alpha value is -3.59. The molecule has 1 unspecified atom stereocenters. The molecule has 0 bridgehead atoms. The van der Waals surface area contributed by atoms with Crippen molar-refractivity contribution in [1.82, 2.24) is 9.55 Å². The molecule has 1 N–H and O–H groups in total. The predicted molar refractivity (Wildman–Crippen MR) is 141 cm³/mol. The maximum atomic E-state index is 15.3. The van der Waals surface area contributed by atoms with Gasteiger partial charge >= 0.3 is 0 Å². The lowest BCUT2D eigenvalue weighted by Gasteiger charge is -2.33. The second-order valence-electron chi connectivity index (χ2n) is 10.0. The number of aromatic amines is 1. The van der Waals surface area contributed by atoms with Gasteiger partial charge in [0.05, 0.1) is 5.54 Å². The summed E-state index contributed by atoms with van der Waals surface area (Å²) in [5, 5.41) is 2.58. The van der Waals surface area contributed by atoms with Crippen LogP contribution in [0.2, 0.25) is 0 Å². The summed E-state index contributed by atoms with van der Waals surface area (Å²) in [5.74, 6) is -0.0746. The summed E-state index contributed by atoms with van der Waals surface area (Å²) in [7, 11) is 0. The third-order valence-corrected chi connectivity index (χ3v) is 7.97. The van der Waals surface area contributed by atoms with Crippen molar-refractivity contribution < 1.29 is 4.39 Å². The molecule has 3 aliphatic rings. The second-order valence-corrected chi connectivity index (χ2v) is 10.0. The van der Waals surface area contributed by atoms with E-state index in [0.29, 0.717) is 6.42 Å². The van der Waals surface area contributed by atoms with Gasteiger partial charge in [0.15, 0.2) is 0 Å². The average Bonchev–Trinajstić information content (AvgIpc) is 3.41. The number of benzene rings is 2. The van der Waals surface area contributed by atoms with Gasteiger partial charge in [-0.25, -0.2) is 4.39 Å².